The van der Waals surface area contributed by atoms with E-state index in [-0.39, 0.29) is 42.2 Å². The average molecular weight is 538 g/mol. The van der Waals surface area contributed by atoms with E-state index in [4.69, 9.17) is 0 Å². The molecule has 0 unspecified atom stereocenters. The van der Waals surface area contributed by atoms with Crippen molar-refractivity contribution in [3.05, 3.63) is 59.0 Å². The molecule has 2 N–H and O–H groups in total. The Hall–Kier alpha value is -3.04. The van der Waals surface area contributed by atoms with Crippen molar-refractivity contribution in [3.63, 3.8) is 0 Å². The fraction of sp³-hybridized carbons (Fsp3) is 0.517. The van der Waals surface area contributed by atoms with Gasteiger partial charge in [-0.1, -0.05) is 58.9 Å². The van der Waals surface area contributed by atoms with Gasteiger partial charge < -0.3 is 15.3 Å². The molecular formula is C29H39N5O3S. The number of hydrogen-bond donors (Lipinski definition) is 2. The first kappa shape index (κ1) is 28.0. The fourth-order valence-electron chi connectivity index (χ4n) is 4.95. The fourth-order valence-corrected chi connectivity index (χ4v) is 5.76. The van der Waals surface area contributed by atoms with Crippen LogP contribution in [0, 0.1) is 12.8 Å². The van der Waals surface area contributed by atoms with Crippen LogP contribution in [0.3, 0.4) is 0 Å². The van der Waals surface area contributed by atoms with Gasteiger partial charge in [-0.05, 0) is 41.9 Å². The molecule has 2 aromatic heterocycles. The Morgan fingerprint density at radius 1 is 1.16 bits per heavy atom. The maximum atomic E-state index is 13.8. The minimum Gasteiger partial charge on any atom is -0.391 e. The lowest BCUT2D eigenvalue weighted by molar-refractivity contribution is -0.142. The van der Waals surface area contributed by atoms with E-state index in [0.717, 1.165) is 27.3 Å². The zero-order valence-corrected chi connectivity index (χ0v) is 24.1. The Balaban J connectivity index is 1.49. The van der Waals surface area contributed by atoms with Crippen molar-refractivity contribution < 1.29 is 14.7 Å². The molecule has 0 aliphatic carbocycles. The predicted octanol–water partition coefficient (Wildman–Crippen LogP) is 4.65. The van der Waals surface area contributed by atoms with E-state index in [1.807, 2.05) is 63.7 Å². The Kier molecular flexibility index (Phi) is 8.09. The van der Waals surface area contributed by atoms with E-state index in [1.165, 1.54) is 4.90 Å². The normalized spacial score (nSPS) is 19.6. The van der Waals surface area contributed by atoms with Crippen molar-refractivity contribution in [1.29, 1.82) is 0 Å². The molecule has 0 radical (unpaired) electrons. The van der Waals surface area contributed by atoms with E-state index in [1.54, 1.807) is 22.2 Å². The van der Waals surface area contributed by atoms with Gasteiger partial charge in [0.25, 0.3) is 0 Å². The molecule has 1 aromatic carbocycles. The minimum atomic E-state index is -0.748. The molecule has 9 heteroatoms. The number of amides is 2. The van der Waals surface area contributed by atoms with Crippen LogP contribution in [-0.2, 0) is 15.0 Å². The summed E-state index contributed by atoms with van der Waals surface area (Å²) in [6, 6.07) is 6.53. The Morgan fingerprint density at radius 2 is 1.84 bits per heavy atom. The molecule has 0 spiro atoms. The number of likely N-dealkylation sites (tertiary alicyclic amines) is 1. The smallest absolute Gasteiger partial charge is 0.248 e. The summed E-state index contributed by atoms with van der Waals surface area (Å²) < 4.78 is 1.71. The van der Waals surface area contributed by atoms with Gasteiger partial charge in [-0.3, -0.25) is 14.3 Å². The van der Waals surface area contributed by atoms with Crippen molar-refractivity contribution in [2.45, 2.75) is 84.5 Å². The zero-order valence-electron chi connectivity index (χ0n) is 23.3. The third-order valence-electron chi connectivity index (χ3n) is 7.28. The maximum absolute atomic E-state index is 13.8. The number of β-amino-alcohol motifs (C(OH)–C–C–N with tert-alkyl or cyclic N) is 1. The van der Waals surface area contributed by atoms with Gasteiger partial charge in [-0.25, -0.2) is 4.98 Å². The van der Waals surface area contributed by atoms with Crippen LogP contribution < -0.4 is 5.32 Å². The lowest BCUT2D eigenvalue weighted by Crippen LogP contribution is -2.49. The third kappa shape index (κ3) is 5.83. The van der Waals surface area contributed by atoms with Crippen LogP contribution in [0.15, 0.2) is 42.2 Å². The standard InChI is InChI=1S/C29H39N5O3S/c1-17(2)25(34-14-22(13-31-34)29(5,6)7)28(37)33-15-23(35)12-24(33)27(36)32-18(3)20-8-10-21(11-9-20)26-19(4)30-16-38-26/h8-11,13-14,16-18,23-25,35H,12,15H2,1-7H3,(H,32,36)/t18-,23+,24-,25-/m0/s1. The molecule has 2 amide bonds. The quantitative estimate of drug-likeness (QED) is 0.457. The van der Waals surface area contributed by atoms with Crippen LogP contribution in [0.1, 0.15) is 76.9 Å². The SMILES string of the molecule is Cc1ncsc1-c1ccc([C@H](C)NC(=O)[C@@H]2C[C@@H](O)CN2C(=O)[C@H](C(C)C)n2cc(C(C)(C)C)cn2)cc1. The van der Waals surface area contributed by atoms with Crippen LogP contribution in [0.2, 0.25) is 0 Å². The molecule has 38 heavy (non-hydrogen) atoms. The highest BCUT2D eigenvalue weighted by Gasteiger charge is 2.43. The maximum Gasteiger partial charge on any atom is 0.248 e. The number of aryl methyl sites for hydroxylation is 1. The number of nitrogens with one attached hydrogen (secondary N) is 1. The largest absolute Gasteiger partial charge is 0.391 e. The number of aliphatic hydroxyl groups is 1. The van der Waals surface area contributed by atoms with Crippen LogP contribution in [0.4, 0.5) is 0 Å². The first-order valence-corrected chi connectivity index (χ1v) is 14.1. The van der Waals surface area contributed by atoms with Gasteiger partial charge in [0, 0.05) is 19.2 Å². The van der Waals surface area contributed by atoms with Gasteiger partial charge in [-0.2, -0.15) is 5.10 Å². The number of thiazole rings is 1. The van der Waals surface area contributed by atoms with Crippen molar-refractivity contribution in [2.24, 2.45) is 5.92 Å². The second-order valence-corrected chi connectivity index (χ2v) is 12.5. The molecule has 1 aliphatic rings. The first-order valence-electron chi connectivity index (χ1n) is 13.2. The Labute approximate surface area is 229 Å². The van der Waals surface area contributed by atoms with Crippen molar-refractivity contribution in [1.82, 2.24) is 25.0 Å². The topological polar surface area (TPSA) is 100 Å². The predicted molar refractivity (Wildman–Crippen MR) is 150 cm³/mol. The number of nitrogens with zero attached hydrogens (tertiary/aromatic N) is 4. The summed E-state index contributed by atoms with van der Waals surface area (Å²) >= 11 is 1.60. The van der Waals surface area contributed by atoms with E-state index in [9.17, 15) is 14.7 Å². The van der Waals surface area contributed by atoms with Gasteiger partial charge in [0.1, 0.15) is 12.1 Å². The molecular weight excluding hydrogens is 498 g/mol. The molecule has 3 aromatic rings. The summed E-state index contributed by atoms with van der Waals surface area (Å²) in [4.78, 5) is 34.2. The number of hydrogen-bond acceptors (Lipinski definition) is 6. The number of aromatic nitrogens is 3. The summed E-state index contributed by atoms with van der Waals surface area (Å²) in [5.41, 5.74) is 5.84. The average Bonchev–Trinajstić information content (AvgIpc) is 3.58. The van der Waals surface area contributed by atoms with Crippen LogP contribution in [-0.4, -0.2) is 55.3 Å². The van der Waals surface area contributed by atoms with Gasteiger partial charge in [-0.15, -0.1) is 11.3 Å². The summed E-state index contributed by atoms with van der Waals surface area (Å²) in [6.07, 6.45) is 3.19. The van der Waals surface area contributed by atoms with E-state index in [0.29, 0.717) is 0 Å². The van der Waals surface area contributed by atoms with Gasteiger partial charge in [0.05, 0.1) is 34.4 Å². The third-order valence-corrected chi connectivity index (χ3v) is 8.26. The molecule has 8 nitrogen and oxygen atoms in total. The summed E-state index contributed by atoms with van der Waals surface area (Å²) in [7, 11) is 0. The van der Waals surface area contributed by atoms with Crippen molar-refractivity contribution in [3.8, 4) is 10.4 Å². The molecule has 1 fully saturated rings. The van der Waals surface area contributed by atoms with Gasteiger partial charge >= 0.3 is 0 Å². The zero-order chi connectivity index (χ0) is 27.8. The first-order chi connectivity index (χ1) is 17.9. The van der Waals surface area contributed by atoms with Crippen LogP contribution >= 0.6 is 11.3 Å². The highest BCUT2D eigenvalue weighted by Crippen LogP contribution is 2.30. The van der Waals surface area contributed by atoms with Gasteiger partial charge in [0.2, 0.25) is 11.8 Å². The molecule has 3 heterocycles. The summed E-state index contributed by atoms with van der Waals surface area (Å²) in [6.45, 7) is 14.3. The molecule has 0 bridgehead atoms. The van der Waals surface area contributed by atoms with E-state index < -0.39 is 18.2 Å². The highest BCUT2D eigenvalue weighted by atomic mass is 32.1. The molecule has 204 valence electrons. The number of aliphatic hydroxyl groups excluding tert-OH is 1. The Bertz CT molecular complexity index is 1270. The van der Waals surface area contributed by atoms with Crippen LogP contribution in [0.25, 0.3) is 10.4 Å². The molecule has 4 rings (SSSR count). The lowest BCUT2D eigenvalue weighted by atomic mass is 9.90. The molecule has 1 aliphatic heterocycles. The minimum absolute atomic E-state index is 0.0451. The summed E-state index contributed by atoms with van der Waals surface area (Å²) in [5.74, 6) is -0.503. The second kappa shape index (κ2) is 11.0. The van der Waals surface area contributed by atoms with Gasteiger partial charge in [0.15, 0.2) is 0 Å². The van der Waals surface area contributed by atoms with Crippen molar-refractivity contribution >= 4 is 23.2 Å². The molecule has 0 saturated carbocycles. The van der Waals surface area contributed by atoms with Crippen LogP contribution in [0.5, 0.6) is 0 Å². The lowest BCUT2D eigenvalue weighted by Gasteiger charge is -2.30. The second-order valence-electron chi connectivity index (χ2n) is 11.7. The van der Waals surface area contributed by atoms with E-state index >= 15 is 0 Å². The highest BCUT2D eigenvalue weighted by molar-refractivity contribution is 7.13. The molecule has 1 saturated heterocycles. The number of benzene rings is 1. The summed E-state index contributed by atoms with van der Waals surface area (Å²) in [5, 5.41) is 18.0. The number of rotatable bonds is 7. The van der Waals surface area contributed by atoms with Crippen molar-refractivity contribution in [2.75, 3.05) is 6.54 Å². The number of carbonyl (C=O) groups excluding carboxylic acids is 2. The monoisotopic (exact) mass is 537 g/mol. The van der Waals surface area contributed by atoms with E-state index in [2.05, 4.69) is 36.2 Å². The number of carbonyl (C=O) groups is 2. The molecule has 4 atom stereocenters. The Morgan fingerprint density at radius 3 is 2.39 bits per heavy atom.